The molecule has 0 bridgehead atoms. The number of hydrogen-bond donors (Lipinski definition) is 0. The normalized spacial score (nSPS) is 24.4. The summed E-state index contributed by atoms with van der Waals surface area (Å²) in [5.74, 6) is -0.198. The van der Waals surface area contributed by atoms with Crippen LogP contribution in [0.25, 0.3) is 0 Å². The molecular weight excluding hydrogens is 394 g/mol. The molecule has 1 aromatic carbocycles. The van der Waals surface area contributed by atoms with Gasteiger partial charge in [-0.1, -0.05) is 51.8 Å². The Bertz CT molecular complexity index is 781. The average molecular weight is 440 g/mol. The molecule has 32 heavy (non-hydrogen) atoms. The molecule has 2 aliphatic carbocycles. The van der Waals surface area contributed by atoms with Gasteiger partial charge in [0.25, 0.3) is 0 Å². The van der Waals surface area contributed by atoms with Crippen molar-refractivity contribution >= 4 is 0 Å². The molecule has 1 aliphatic heterocycles. The third kappa shape index (κ3) is 6.69. The first-order valence-corrected chi connectivity index (χ1v) is 12.7. The molecule has 0 amide bonds. The fourth-order valence-electron chi connectivity index (χ4n) is 5.32. The summed E-state index contributed by atoms with van der Waals surface area (Å²) in [7, 11) is 0. The molecule has 1 atom stereocenters. The highest BCUT2D eigenvalue weighted by Gasteiger charge is 2.62. The lowest BCUT2D eigenvalue weighted by Crippen LogP contribution is -2.47. The van der Waals surface area contributed by atoms with Gasteiger partial charge in [0.2, 0.25) is 0 Å². The maximum Gasteiger partial charge on any atom is 0.169 e. The quantitative estimate of drug-likeness (QED) is 0.446. The van der Waals surface area contributed by atoms with Crippen LogP contribution >= 0.6 is 0 Å². The van der Waals surface area contributed by atoms with Crippen LogP contribution in [0.1, 0.15) is 102 Å². The Morgan fingerprint density at radius 1 is 1.03 bits per heavy atom. The maximum atomic E-state index is 8.50. The van der Waals surface area contributed by atoms with Crippen molar-refractivity contribution in [3.8, 4) is 6.07 Å². The number of ether oxygens (including phenoxy) is 2. The van der Waals surface area contributed by atoms with Gasteiger partial charge in [-0.15, -0.1) is 0 Å². The number of nitrogens with zero attached hydrogens (tertiary/aromatic N) is 1. The largest absolute Gasteiger partial charge is 0.348 e. The van der Waals surface area contributed by atoms with Crippen LogP contribution in [0.15, 0.2) is 30.4 Å². The van der Waals surface area contributed by atoms with Gasteiger partial charge in [0.05, 0.1) is 24.8 Å². The summed E-state index contributed by atoms with van der Waals surface area (Å²) in [6.07, 6.45) is 15.9. The molecule has 3 aliphatic rings. The van der Waals surface area contributed by atoms with E-state index >= 15 is 0 Å². The molecule has 3 heteroatoms. The molecule has 2 saturated carbocycles. The number of allylic oxidation sites excluding steroid dienone is 2. The monoisotopic (exact) mass is 439 g/mol. The van der Waals surface area contributed by atoms with Crippen LogP contribution in [-0.2, 0) is 9.47 Å². The van der Waals surface area contributed by atoms with Gasteiger partial charge in [0.1, 0.15) is 0 Å². The molecule has 0 radical (unpaired) electrons. The van der Waals surface area contributed by atoms with Crippen molar-refractivity contribution in [2.75, 3.05) is 13.2 Å². The van der Waals surface area contributed by atoms with E-state index < -0.39 is 0 Å². The molecule has 3 fully saturated rings. The predicted octanol–water partition coefficient (Wildman–Crippen LogP) is 8.04. The predicted molar refractivity (Wildman–Crippen MR) is 134 cm³/mol. The van der Waals surface area contributed by atoms with Crippen molar-refractivity contribution in [1.82, 2.24) is 0 Å². The highest BCUT2D eigenvalue weighted by atomic mass is 16.7. The van der Waals surface area contributed by atoms with Gasteiger partial charge in [0, 0.05) is 12.8 Å². The van der Waals surface area contributed by atoms with Crippen molar-refractivity contribution in [3.63, 3.8) is 0 Å². The van der Waals surface area contributed by atoms with E-state index in [-0.39, 0.29) is 5.79 Å². The van der Waals surface area contributed by atoms with Gasteiger partial charge in [-0.2, -0.15) is 5.26 Å². The van der Waals surface area contributed by atoms with Gasteiger partial charge in [-0.3, -0.25) is 0 Å². The Labute approximate surface area is 197 Å². The number of benzene rings is 1. The SMILES string of the molecule is C/C=C/CC.CCCCC1(C)CC2(CCC13CC3)OCCO2.Cc1ccc(C#N)cc1C. The second-order valence-electron chi connectivity index (χ2n) is 10.1. The molecule has 2 spiro atoms. The average Bonchev–Trinajstić information content (AvgIpc) is 3.46. The van der Waals surface area contributed by atoms with E-state index in [0.29, 0.717) is 10.8 Å². The molecule has 4 rings (SSSR count). The lowest BCUT2D eigenvalue weighted by atomic mass is 9.60. The summed E-state index contributed by atoms with van der Waals surface area (Å²) in [6, 6.07) is 7.79. The molecule has 1 saturated heterocycles. The summed E-state index contributed by atoms with van der Waals surface area (Å²) < 4.78 is 11.9. The van der Waals surface area contributed by atoms with Crippen LogP contribution < -0.4 is 0 Å². The number of aryl methyl sites for hydroxylation is 2. The van der Waals surface area contributed by atoms with E-state index in [1.54, 1.807) is 0 Å². The lowest BCUT2D eigenvalue weighted by molar-refractivity contribution is -0.216. The van der Waals surface area contributed by atoms with E-state index in [2.05, 4.69) is 39.0 Å². The van der Waals surface area contributed by atoms with Crippen LogP contribution in [0, 0.1) is 36.0 Å². The van der Waals surface area contributed by atoms with E-state index in [4.69, 9.17) is 14.7 Å². The van der Waals surface area contributed by atoms with E-state index in [1.807, 2.05) is 39.0 Å². The Morgan fingerprint density at radius 3 is 2.16 bits per heavy atom. The van der Waals surface area contributed by atoms with Crippen LogP contribution in [-0.4, -0.2) is 19.0 Å². The number of rotatable bonds is 4. The van der Waals surface area contributed by atoms with Crippen LogP contribution in [0.3, 0.4) is 0 Å². The van der Waals surface area contributed by atoms with Crippen LogP contribution in [0.4, 0.5) is 0 Å². The summed E-state index contributed by atoms with van der Waals surface area (Å²) in [5, 5.41) is 8.50. The molecular formula is C29H45NO2. The van der Waals surface area contributed by atoms with Crippen molar-refractivity contribution < 1.29 is 9.47 Å². The first-order valence-electron chi connectivity index (χ1n) is 12.7. The second kappa shape index (κ2) is 12.0. The van der Waals surface area contributed by atoms with Crippen molar-refractivity contribution in [2.45, 2.75) is 105 Å². The number of nitriles is 1. The Kier molecular flexibility index (Phi) is 9.99. The van der Waals surface area contributed by atoms with Gasteiger partial charge in [-0.25, -0.2) is 0 Å². The maximum absolute atomic E-state index is 8.50. The fourth-order valence-corrected chi connectivity index (χ4v) is 5.32. The minimum Gasteiger partial charge on any atom is -0.348 e. The molecule has 3 nitrogen and oxygen atoms in total. The molecule has 178 valence electrons. The Hall–Kier alpha value is -1.63. The standard InChI is InChI=1S/C15H26O2.C9H9N.C5H10/c1-3-4-5-13(2)12-15(16-10-11-17-15)9-8-14(13)6-7-14;1-7-3-4-9(6-10)5-8(7)2;1-3-5-4-2/h3-12H2,1-2H3;3-5H,1-2H3;3,5H,4H2,1-2H3/b;;5-3+. The summed E-state index contributed by atoms with van der Waals surface area (Å²) in [4.78, 5) is 0. The molecule has 1 unspecified atom stereocenters. The minimum absolute atomic E-state index is 0.198. The van der Waals surface area contributed by atoms with Crippen molar-refractivity contribution in [3.05, 3.63) is 47.0 Å². The summed E-state index contributed by atoms with van der Waals surface area (Å²) in [5.41, 5.74) is 4.27. The molecule has 0 N–H and O–H groups in total. The zero-order chi connectivity index (χ0) is 23.7. The smallest absolute Gasteiger partial charge is 0.169 e. The van der Waals surface area contributed by atoms with E-state index in [0.717, 1.165) is 38.0 Å². The molecule has 1 heterocycles. The highest BCUT2D eigenvalue weighted by molar-refractivity contribution is 5.36. The highest BCUT2D eigenvalue weighted by Crippen LogP contribution is 2.69. The van der Waals surface area contributed by atoms with E-state index in [9.17, 15) is 0 Å². The van der Waals surface area contributed by atoms with Crippen molar-refractivity contribution in [1.29, 1.82) is 5.26 Å². The minimum atomic E-state index is -0.198. The summed E-state index contributed by atoms with van der Waals surface area (Å²) in [6.45, 7) is 14.6. The molecule has 0 aromatic heterocycles. The van der Waals surface area contributed by atoms with Crippen LogP contribution in [0.2, 0.25) is 0 Å². The van der Waals surface area contributed by atoms with Crippen LogP contribution in [0.5, 0.6) is 0 Å². The lowest BCUT2D eigenvalue weighted by Gasteiger charge is -2.49. The topological polar surface area (TPSA) is 42.2 Å². The van der Waals surface area contributed by atoms with Gasteiger partial charge >= 0.3 is 0 Å². The fraction of sp³-hybridized carbons (Fsp3) is 0.690. The first-order chi connectivity index (χ1) is 15.3. The first kappa shape index (κ1) is 26.6. The second-order valence-corrected chi connectivity index (χ2v) is 10.1. The molecule has 1 aromatic rings. The van der Waals surface area contributed by atoms with Crippen molar-refractivity contribution in [2.24, 2.45) is 10.8 Å². The third-order valence-electron chi connectivity index (χ3n) is 7.78. The Morgan fingerprint density at radius 2 is 1.69 bits per heavy atom. The summed E-state index contributed by atoms with van der Waals surface area (Å²) >= 11 is 0. The van der Waals surface area contributed by atoms with Gasteiger partial charge in [-0.05, 0) is 87.0 Å². The van der Waals surface area contributed by atoms with E-state index in [1.165, 1.54) is 49.7 Å². The number of hydrogen-bond acceptors (Lipinski definition) is 3. The van der Waals surface area contributed by atoms with Gasteiger partial charge < -0.3 is 9.47 Å². The third-order valence-corrected chi connectivity index (χ3v) is 7.78. The van der Waals surface area contributed by atoms with Gasteiger partial charge in [0.15, 0.2) is 5.79 Å². The Balaban J connectivity index is 0.000000206. The zero-order valence-corrected chi connectivity index (χ0v) is 21.4. The zero-order valence-electron chi connectivity index (χ0n) is 21.4. The number of unbranched alkanes of at least 4 members (excludes halogenated alkanes) is 1.